The summed E-state index contributed by atoms with van der Waals surface area (Å²) in [5.41, 5.74) is 1.15. The third-order valence-electron chi connectivity index (χ3n) is 5.51. The van der Waals surface area contributed by atoms with E-state index in [0.29, 0.717) is 12.0 Å². The van der Waals surface area contributed by atoms with Crippen LogP contribution in [0.25, 0.3) is 0 Å². The van der Waals surface area contributed by atoms with E-state index in [0.717, 1.165) is 83.6 Å². The van der Waals surface area contributed by atoms with Crippen LogP contribution in [0.2, 0.25) is 0 Å². The summed E-state index contributed by atoms with van der Waals surface area (Å²) < 4.78 is 11.2. The highest BCUT2D eigenvalue weighted by atomic mass is 32.1. The van der Waals surface area contributed by atoms with Crippen molar-refractivity contribution in [2.75, 3.05) is 59.2 Å². The van der Waals surface area contributed by atoms with Gasteiger partial charge >= 0.3 is 0 Å². The molecule has 3 rings (SSSR count). The summed E-state index contributed by atoms with van der Waals surface area (Å²) in [5, 5.41) is 8.05. The standard InChI is InChI=1S/C20H35N5O2S/c1-4-21-20(22-7-5-19-24-15(2)16(3)28-19)23-13-18(17-6-10-27-14-17)25-8-11-26-12-9-25/h17-18H,4-14H2,1-3H3,(H2,21,22,23). The first kappa shape index (κ1) is 21.5. The summed E-state index contributed by atoms with van der Waals surface area (Å²) in [6, 6.07) is 0.422. The zero-order valence-corrected chi connectivity index (χ0v) is 18.3. The first-order chi connectivity index (χ1) is 13.7. The van der Waals surface area contributed by atoms with Crippen LogP contribution in [0.5, 0.6) is 0 Å². The first-order valence-corrected chi connectivity index (χ1v) is 11.3. The number of aromatic nitrogens is 1. The number of nitrogens with one attached hydrogen (secondary N) is 2. The van der Waals surface area contributed by atoms with Gasteiger partial charge in [-0.3, -0.25) is 9.89 Å². The smallest absolute Gasteiger partial charge is 0.191 e. The van der Waals surface area contributed by atoms with Crippen molar-refractivity contribution in [2.45, 2.75) is 39.7 Å². The first-order valence-electron chi connectivity index (χ1n) is 10.5. The molecule has 2 unspecified atom stereocenters. The molecule has 28 heavy (non-hydrogen) atoms. The van der Waals surface area contributed by atoms with E-state index in [-0.39, 0.29) is 0 Å². The number of aryl methyl sites for hydroxylation is 2. The largest absolute Gasteiger partial charge is 0.381 e. The van der Waals surface area contributed by atoms with E-state index < -0.39 is 0 Å². The minimum atomic E-state index is 0.422. The predicted octanol–water partition coefficient (Wildman–Crippen LogP) is 1.59. The Labute approximate surface area is 172 Å². The Morgan fingerprint density at radius 2 is 2.07 bits per heavy atom. The van der Waals surface area contributed by atoms with Crippen LogP contribution in [0.3, 0.4) is 0 Å². The van der Waals surface area contributed by atoms with Gasteiger partial charge in [0.05, 0.1) is 37.1 Å². The Bertz CT molecular complexity index is 605. The van der Waals surface area contributed by atoms with Crippen molar-refractivity contribution >= 4 is 17.3 Å². The van der Waals surface area contributed by atoms with Crippen molar-refractivity contribution in [3.8, 4) is 0 Å². The van der Waals surface area contributed by atoms with Gasteiger partial charge in [-0.15, -0.1) is 11.3 Å². The van der Waals surface area contributed by atoms with Crippen molar-refractivity contribution in [1.29, 1.82) is 0 Å². The topological polar surface area (TPSA) is 71.0 Å². The maximum atomic E-state index is 5.67. The van der Waals surface area contributed by atoms with Gasteiger partial charge in [-0.1, -0.05) is 0 Å². The molecular formula is C20H35N5O2S. The van der Waals surface area contributed by atoms with Gasteiger partial charge in [0.25, 0.3) is 0 Å². The van der Waals surface area contributed by atoms with Gasteiger partial charge in [0.15, 0.2) is 5.96 Å². The van der Waals surface area contributed by atoms with Crippen molar-refractivity contribution in [3.63, 3.8) is 0 Å². The maximum Gasteiger partial charge on any atom is 0.191 e. The predicted molar refractivity (Wildman–Crippen MR) is 114 cm³/mol. The number of nitrogens with zero attached hydrogens (tertiary/aromatic N) is 3. The number of hydrogen-bond acceptors (Lipinski definition) is 6. The fourth-order valence-electron chi connectivity index (χ4n) is 3.79. The molecule has 0 amide bonds. The molecule has 2 N–H and O–H groups in total. The molecule has 2 aliphatic rings. The van der Waals surface area contributed by atoms with Crippen LogP contribution in [0.15, 0.2) is 4.99 Å². The number of ether oxygens (including phenoxy) is 2. The highest BCUT2D eigenvalue weighted by Gasteiger charge is 2.31. The van der Waals surface area contributed by atoms with E-state index in [1.165, 1.54) is 9.88 Å². The van der Waals surface area contributed by atoms with Crippen LogP contribution in [-0.4, -0.2) is 81.0 Å². The minimum Gasteiger partial charge on any atom is -0.381 e. The van der Waals surface area contributed by atoms with Gasteiger partial charge in [-0.2, -0.15) is 0 Å². The maximum absolute atomic E-state index is 5.67. The average molecular weight is 410 g/mol. The molecule has 8 heteroatoms. The highest BCUT2D eigenvalue weighted by Crippen LogP contribution is 2.22. The second kappa shape index (κ2) is 11.1. The molecule has 0 bridgehead atoms. The molecule has 2 fully saturated rings. The van der Waals surface area contributed by atoms with Crippen LogP contribution >= 0.6 is 11.3 Å². The molecule has 0 spiro atoms. The molecule has 3 heterocycles. The fourth-order valence-corrected chi connectivity index (χ4v) is 4.72. The number of rotatable bonds is 8. The summed E-state index contributed by atoms with van der Waals surface area (Å²) in [7, 11) is 0. The van der Waals surface area contributed by atoms with E-state index in [2.05, 4.69) is 41.3 Å². The van der Waals surface area contributed by atoms with Gasteiger partial charge in [-0.25, -0.2) is 4.98 Å². The summed E-state index contributed by atoms with van der Waals surface area (Å²) in [4.78, 5) is 13.4. The molecule has 1 aromatic heterocycles. The Morgan fingerprint density at radius 1 is 1.25 bits per heavy atom. The van der Waals surface area contributed by atoms with Crippen LogP contribution < -0.4 is 10.6 Å². The number of guanidine groups is 1. The van der Waals surface area contributed by atoms with Crippen LogP contribution in [0.4, 0.5) is 0 Å². The van der Waals surface area contributed by atoms with E-state index in [4.69, 9.17) is 14.5 Å². The van der Waals surface area contributed by atoms with Gasteiger partial charge in [0.1, 0.15) is 0 Å². The molecule has 158 valence electrons. The van der Waals surface area contributed by atoms with Crippen molar-refractivity contribution < 1.29 is 9.47 Å². The second-order valence-corrected chi connectivity index (χ2v) is 8.77. The van der Waals surface area contributed by atoms with E-state index in [1.807, 2.05) is 0 Å². The molecule has 2 atom stereocenters. The lowest BCUT2D eigenvalue weighted by Gasteiger charge is -2.36. The van der Waals surface area contributed by atoms with Gasteiger partial charge < -0.3 is 20.1 Å². The Morgan fingerprint density at radius 3 is 2.71 bits per heavy atom. The second-order valence-electron chi connectivity index (χ2n) is 7.48. The zero-order valence-electron chi connectivity index (χ0n) is 17.5. The number of aliphatic imine (C=N–C) groups is 1. The average Bonchev–Trinajstić information content (AvgIpc) is 3.33. The number of thiazole rings is 1. The Kier molecular flexibility index (Phi) is 8.51. The van der Waals surface area contributed by atoms with Crippen LogP contribution in [-0.2, 0) is 15.9 Å². The van der Waals surface area contributed by atoms with Gasteiger partial charge in [0, 0.05) is 56.0 Å². The van der Waals surface area contributed by atoms with E-state index in [1.54, 1.807) is 11.3 Å². The highest BCUT2D eigenvalue weighted by molar-refractivity contribution is 7.11. The fraction of sp³-hybridized carbons (Fsp3) is 0.800. The minimum absolute atomic E-state index is 0.422. The molecule has 0 aromatic carbocycles. The lowest BCUT2D eigenvalue weighted by molar-refractivity contribution is 0.00368. The molecule has 0 radical (unpaired) electrons. The summed E-state index contributed by atoms with van der Waals surface area (Å²) >= 11 is 1.79. The lowest BCUT2D eigenvalue weighted by atomic mass is 9.97. The van der Waals surface area contributed by atoms with Gasteiger partial charge in [0.2, 0.25) is 0 Å². The van der Waals surface area contributed by atoms with Crippen molar-refractivity contribution in [2.24, 2.45) is 10.9 Å². The normalized spacial score (nSPS) is 22.4. The molecule has 2 aliphatic heterocycles. The lowest BCUT2D eigenvalue weighted by Crippen LogP contribution is -2.49. The van der Waals surface area contributed by atoms with Gasteiger partial charge in [-0.05, 0) is 27.2 Å². The van der Waals surface area contributed by atoms with E-state index in [9.17, 15) is 0 Å². The van der Waals surface area contributed by atoms with Crippen molar-refractivity contribution in [3.05, 3.63) is 15.6 Å². The SMILES string of the molecule is CCNC(=NCC(C1CCOC1)N1CCOCC1)NCCc1nc(C)c(C)s1. The molecular weight excluding hydrogens is 374 g/mol. The quantitative estimate of drug-likeness (QED) is 0.502. The third kappa shape index (κ3) is 6.14. The third-order valence-corrected chi connectivity index (χ3v) is 6.64. The molecule has 0 saturated carbocycles. The number of hydrogen-bond donors (Lipinski definition) is 2. The zero-order chi connectivity index (χ0) is 19.8. The van der Waals surface area contributed by atoms with E-state index >= 15 is 0 Å². The monoisotopic (exact) mass is 409 g/mol. The molecule has 0 aliphatic carbocycles. The summed E-state index contributed by atoms with van der Waals surface area (Å²) in [6.45, 7) is 14.1. The van der Waals surface area contributed by atoms with Crippen molar-refractivity contribution in [1.82, 2.24) is 20.5 Å². The number of morpholine rings is 1. The molecule has 2 saturated heterocycles. The Hall–Kier alpha value is -1.22. The van der Waals surface area contributed by atoms with Crippen LogP contribution in [0, 0.1) is 19.8 Å². The molecule has 1 aromatic rings. The summed E-state index contributed by atoms with van der Waals surface area (Å²) in [6.07, 6.45) is 2.05. The Balaban J connectivity index is 1.56. The molecule has 7 nitrogen and oxygen atoms in total. The van der Waals surface area contributed by atoms with Crippen LogP contribution in [0.1, 0.15) is 28.9 Å². The summed E-state index contributed by atoms with van der Waals surface area (Å²) in [5.74, 6) is 1.45.